The van der Waals surface area contributed by atoms with Crippen molar-refractivity contribution in [2.24, 2.45) is 7.05 Å². The minimum Gasteiger partial charge on any atom is -0.467 e. The Kier molecular flexibility index (Phi) is 6.63. The molecular formula is C20H25N3O6. The van der Waals surface area contributed by atoms with Crippen molar-refractivity contribution in [3.8, 4) is 5.69 Å². The Morgan fingerprint density at radius 2 is 1.72 bits per heavy atom. The number of aryl methyl sites for hydroxylation is 1. The molecule has 29 heavy (non-hydrogen) atoms. The molecule has 0 fully saturated rings. The van der Waals surface area contributed by atoms with Gasteiger partial charge in [0.15, 0.2) is 0 Å². The predicted octanol–water partition coefficient (Wildman–Crippen LogP) is 1.15. The van der Waals surface area contributed by atoms with E-state index >= 15 is 0 Å². The maximum Gasteiger partial charge on any atom is 0.408 e. The molecule has 2 rings (SSSR count). The van der Waals surface area contributed by atoms with Crippen LogP contribution >= 0.6 is 0 Å². The molecule has 0 bridgehead atoms. The van der Waals surface area contributed by atoms with E-state index in [0.29, 0.717) is 11.3 Å². The van der Waals surface area contributed by atoms with Crippen molar-refractivity contribution in [3.63, 3.8) is 0 Å². The highest BCUT2D eigenvalue weighted by atomic mass is 16.6. The number of carbonyl (C=O) groups is 2. The molecule has 9 heteroatoms. The molecule has 0 spiro atoms. The molecule has 0 saturated carbocycles. The van der Waals surface area contributed by atoms with Crippen molar-refractivity contribution in [2.75, 3.05) is 7.11 Å². The first-order chi connectivity index (χ1) is 13.5. The lowest BCUT2D eigenvalue weighted by Gasteiger charge is -2.22. The van der Waals surface area contributed by atoms with Gasteiger partial charge in [-0.25, -0.2) is 19.0 Å². The van der Waals surface area contributed by atoms with Crippen LogP contribution in [0.1, 0.15) is 26.3 Å². The SMILES string of the molecule is COC(=O)[C@H](Cc1ccc(-n2c(=O)ccn(C)c2=O)cc1)NC(=O)OC(C)(C)C. The van der Waals surface area contributed by atoms with E-state index in [1.807, 2.05) is 0 Å². The van der Waals surface area contributed by atoms with E-state index in [1.165, 1.54) is 23.9 Å². The fraction of sp³-hybridized carbons (Fsp3) is 0.400. The number of aromatic nitrogens is 2. The lowest BCUT2D eigenvalue weighted by molar-refractivity contribution is -0.143. The maximum absolute atomic E-state index is 12.2. The first-order valence-corrected chi connectivity index (χ1v) is 8.97. The third-order valence-electron chi connectivity index (χ3n) is 3.97. The van der Waals surface area contributed by atoms with Gasteiger partial charge in [-0.3, -0.25) is 4.79 Å². The zero-order valence-electron chi connectivity index (χ0n) is 17.1. The normalized spacial score (nSPS) is 12.2. The minimum atomic E-state index is -0.951. The molecule has 1 aromatic heterocycles. The Morgan fingerprint density at radius 3 is 2.28 bits per heavy atom. The number of nitrogens with one attached hydrogen (secondary N) is 1. The Hall–Kier alpha value is -3.36. The van der Waals surface area contributed by atoms with Gasteiger partial charge in [0.2, 0.25) is 0 Å². The number of esters is 1. The second-order valence-electron chi connectivity index (χ2n) is 7.48. The van der Waals surface area contributed by atoms with E-state index in [4.69, 9.17) is 9.47 Å². The number of carbonyl (C=O) groups excluding carboxylic acids is 2. The van der Waals surface area contributed by atoms with E-state index in [2.05, 4.69) is 5.32 Å². The fourth-order valence-electron chi connectivity index (χ4n) is 2.61. The van der Waals surface area contributed by atoms with Crippen LogP contribution in [0.25, 0.3) is 5.69 Å². The molecule has 9 nitrogen and oxygen atoms in total. The number of alkyl carbamates (subject to hydrolysis) is 1. The zero-order valence-corrected chi connectivity index (χ0v) is 17.1. The van der Waals surface area contributed by atoms with E-state index in [0.717, 1.165) is 4.57 Å². The van der Waals surface area contributed by atoms with E-state index in [1.54, 1.807) is 52.1 Å². The quantitative estimate of drug-likeness (QED) is 0.750. The third-order valence-corrected chi connectivity index (χ3v) is 3.97. The van der Waals surface area contributed by atoms with Gasteiger partial charge in [-0.1, -0.05) is 12.1 Å². The molecule has 1 N–H and O–H groups in total. The van der Waals surface area contributed by atoms with Gasteiger partial charge in [-0.2, -0.15) is 0 Å². The summed E-state index contributed by atoms with van der Waals surface area (Å²) < 4.78 is 12.3. The summed E-state index contributed by atoms with van der Waals surface area (Å²) in [5, 5.41) is 2.50. The summed E-state index contributed by atoms with van der Waals surface area (Å²) >= 11 is 0. The van der Waals surface area contributed by atoms with Crippen molar-refractivity contribution < 1.29 is 19.1 Å². The second-order valence-corrected chi connectivity index (χ2v) is 7.48. The van der Waals surface area contributed by atoms with Crippen molar-refractivity contribution >= 4 is 12.1 Å². The number of benzene rings is 1. The number of hydrogen-bond donors (Lipinski definition) is 1. The van der Waals surface area contributed by atoms with E-state index in [9.17, 15) is 19.2 Å². The van der Waals surface area contributed by atoms with Crippen LogP contribution in [0.5, 0.6) is 0 Å². The summed E-state index contributed by atoms with van der Waals surface area (Å²) in [7, 11) is 2.78. The predicted molar refractivity (Wildman–Crippen MR) is 106 cm³/mol. The summed E-state index contributed by atoms with van der Waals surface area (Å²) in [6.45, 7) is 5.15. The molecule has 0 aliphatic heterocycles. The van der Waals surface area contributed by atoms with Crippen LogP contribution in [0.2, 0.25) is 0 Å². The number of ether oxygens (including phenoxy) is 2. The number of nitrogens with zero attached hydrogens (tertiary/aromatic N) is 2. The Bertz CT molecular complexity index is 999. The van der Waals surface area contributed by atoms with Crippen molar-refractivity contribution in [3.05, 3.63) is 62.9 Å². The molecule has 1 amide bonds. The van der Waals surface area contributed by atoms with Crippen LogP contribution in [0, 0.1) is 0 Å². The number of methoxy groups -OCH3 is 1. The van der Waals surface area contributed by atoms with Crippen LogP contribution in [-0.2, 0) is 27.7 Å². The molecule has 1 atom stereocenters. The molecule has 1 heterocycles. The monoisotopic (exact) mass is 403 g/mol. The Balaban J connectivity index is 2.22. The van der Waals surface area contributed by atoms with Gasteiger partial charge in [-0.15, -0.1) is 0 Å². The summed E-state index contributed by atoms with van der Waals surface area (Å²) in [5.74, 6) is -0.618. The second kappa shape index (κ2) is 8.76. The third kappa shape index (κ3) is 5.81. The van der Waals surface area contributed by atoms with Crippen LogP contribution in [0.3, 0.4) is 0 Å². The Morgan fingerprint density at radius 1 is 1.10 bits per heavy atom. The first-order valence-electron chi connectivity index (χ1n) is 8.97. The van der Waals surface area contributed by atoms with Gasteiger partial charge in [0.1, 0.15) is 11.6 Å². The van der Waals surface area contributed by atoms with Crippen molar-refractivity contribution in [1.82, 2.24) is 14.5 Å². The number of hydrogen-bond acceptors (Lipinski definition) is 6. The minimum absolute atomic E-state index is 0.147. The molecule has 0 saturated heterocycles. The molecule has 0 aliphatic rings. The topological polar surface area (TPSA) is 109 Å². The van der Waals surface area contributed by atoms with Crippen molar-refractivity contribution in [1.29, 1.82) is 0 Å². The Labute approximate surface area is 167 Å². The van der Waals surface area contributed by atoms with Crippen LogP contribution in [0.4, 0.5) is 4.79 Å². The van der Waals surface area contributed by atoms with E-state index in [-0.39, 0.29) is 6.42 Å². The zero-order chi connectivity index (χ0) is 21.8. The highest BCUT2D eigenvalue weighted by Crippen LogP contribution is 2.11. The summed E-state index contributed by atoms with van der Waals surface area (Å²) in [5.41, 5.74) is -0.526. The summed E-state index contributed by atoms with van der Waals surface area (Å²) in [4.78, 5) is 48.3. The molecule has 1 aromatic carbocycles. The maximum atomic E-state index is 12.2. The molecule has 2 aromatic rings. The molecular weight excluding hydrogens is 378 g/mol. The average Bonchev–Trinajstić information content (AvgIpc) is 2.63. The van der Waals surface area contributed by atoms with Crippen LogP contribution in [0.15, 0.2) is 46.1 Å². The van der Waals surface area contributed by atoms with Gasteiger partial charge in [0.25, 0.3) is 5.56 Å². The fourth-order valence-corrected chi connectivity index (χ4v) is 2.61. The molecule has 156 valence electrons. The van der Waals surface area contributed by atoms with Crippen LogP contribution in [-0.4, -0.2) is 39.9 Å². The van der Waals surface area contributed by atoms with Crippen LogP contribution < -0.4 is 16.6 Å². The molecule has 0 aliphatic carbocycles. The smallest absolute Gasteiger partial charge is 0.408 e. The average molecular weight is 403 g/mol. The van der Waals surface area contributed by atoms with Gasteiger partial charge >= 0.3 is 17.8 Å². The largest absolute Gasteiger partial charge is 0.467 e. The number of rotatable bonds is 5. The molecule has 0 radical (unpaired) electrons. The van der Waals surface area contributed by atoms with E-state index < -0.39 is 35.0 Å². The highest BCUT2D eigenvalue weighted by Gasteiger charge is 2.25. The summed E-state index contributed by atoms with van der Waals surface area (Å²) in [6.07, 6.45) is 0.816. The number of amides is 1. The lowest BCUT2D eigenvalue weighted by atomic mass is 10.1. The lowest BCUT2D eigenvalue weighted by Crippen LogP contribution is -2.45. The molecule has 0 unspecified atom stereocenters. The van der Waals surface area contributed by atoms with Gasteiger partial charge in [-0.05, 0) is 38.5 Å². The van der Waals surface area contributed by atoms with Gasteiger partial charge < -0.3 is 19.4 Å². The summed E-state index contributed by atoms with van der Waals surface area (Å²) in [6, 6.07) is 6.88. The van der Waals surface area contributed by atoms with Gasteiger partial charge in [0, 0.05) is 25.7 Å². The van der Waals surface area contributed by atoms with Gasteiger partial charge in [0.05, 0.1) is 12.8 Å². The standard InChI is InChI=1S/C20H25N3O6/c1-20(2,3)29-18(26)21-15(17(25)28-5)12-13-6-8-14(9-7-13)23-16(24)10-11-22(4)19(23)27/h6-11,15H,12H2,1-5H3,(H,21,26)/t15-/m0/s1. The van der Waals surface area contributed by atoms with Crippen molar-refractivity contribution in [2.45, 2.75) is 38.8 Å². The first kappa shape index (κ1) is 21.9. The highest BCUT2D eigenvalue weighted by molar-refractivity contribution is 5.81.